The Morgan fingerprint density at radius 3 is 2.67 bits per heavy atom. The topological polar surface area (TPSA) is 72.0 Å². The minimum Gasteiger partial charge on any atom is -0.207 e. The van der Waals surface area contributed by atoms with Crippen molar-refractivity contribution in [3.05, 3.63) is 39.8 Å². The molecule has 0 saturated heterocycles. The molecule has 0 aliphatic heterocycles. The summed E-state index contributed by atoms with van der Waals surface area (Å²) in [6, 6.07) is 6.78. The summed E-state index contributed by atoms with van der Waals surface area (Å²) in [7, 11) is -3.48. The first-order chi connectivity index (χ1) is 8.47. The van der Waals surface area contributed by atoms with Gasteiger partial charge in [0.25, 0.3) is 0 Å². The maximum atomic E-state index is 12.0. The fourth-order valence-electron chi connectivity index (χ4n) is 1.43. The van der Waals surface area contributed by atoms with E-state index in [0.29, 0.717) is 5.01 Å². The molecule has 18 heavy (non-hydrogen) atoms. The molecular weight excluding hydrogens is 270 g/mol. The van der Waals surface area contributed by atoms with Crippen molar-refractivity contribution in [3.8, 4) is 0 Å². The van der Waals surface area contributed by atoms with Crippen molar-refractivity contribution in [1.82, 2.24) is 14.9 Å². The summed E-state index contributed by atoms with van der Waals surface area (Å²) in [6.07, 6.45) is 0. The maximum absolute atomic E-state index is 12.0. The summed E-state index contributed by atoms with van der Waals surface area (Å²) in [5.74, 6) is 0. The van der Waals surface area contributed by atoms with E-state index in [1.807, 2.05) is 19.9 Å². The van der Waals surface area contributed by atoms with Gasteiger partial charge in [-0.2, -0.15) is 0 Å². The monoisotopic (exact) mass is 283 g/mol. The molecule has 0 atom stereocenters. The van der Waals surface area contributed by atoms with Gasteiger partial charge >= 0.3 is 0 Å². The van der Waals surface area contributed by atoms with E-state index in [0.717, 1.165) is 10.6 Å². The molecule has 0 aliphatic carbocycles. The van der Waals surface area contributed by atoms with Gasteiger partial charge in [0.05, 0.1) is 11.4 Å². The zero-order chi connectivity index (χ0) is 13.2. The van der Waals surface area contributed by atoms with Gasteiger partial charge in [-0.15, -0.1) is 21.5 Å². The number of benzene rings is 1. The molecule has 0 fully saturated rings. The molecule has 0 bridgehead atoms. The van der Waals surface area contributed by atoms with Crippen molar-refractivity contribution < 1.29 is 8.42 Å². The number of rotatable bonds is 4. The Labute approximate surface area is 110 Å². The summed E-state index contributed by atoms with van der Waals surface area (Å²) in [5.41, 5.74) is 0.907. The van der Waals surface area contributed by atoms with Crippen LogP contribution in [0, 0.1) is 13.8 Å². The predicted octanol–water partition coefficient (Wildman–Crippen LogP) is 1.63. The molecular formula is C11H13N3O2S2. The highest BCUT2D eigenvalue weighted by Crippen LogP contribution is 2.12. The largest absolute Gasteiger partial charge is 0.240 e. The van der Waals surface area contributed by atoms with Crippen LogP contribution >= 0.6 is 11.3 Å². The average molecular weight is 283 g/mol. The van der Waals surface area contributed by atoms with E-state index < -0.39 is 10.0 Å². The quantitative estimate of drug-likeness (QED) is 0.925. The lowest BCUT2D eigenvalue weighted by atomic mass is 10.2. The lowest BCUT2D eigenvalue weighted by Crippen LogP contribution is -2.23. The summed E-state index contributed by atoms with van der Waals surface area (Å²) >= 11 is 1.38. The fraction of sp³-hybridized carbons (Fsp3) is 0.273. The molecule has 0 aliphatic rings. The second-order valence-electron chi connectivity index (χ2n) is 3.86. The van der Waals surface area contributed by atoms with Crippen LogP contribution in [0.5, 0.6) is 0 Å². The van der Waals surface area contributed by atoms with Crippen LogP contribution in [0.4, 0.5) is 0 Å². The van der Waals surface area contributed by atoms with E-state index in [1.54, 1.807) is 18.2 Å². The maximum Gasteiger partial charge on any atom is 0.240 e. The normalized spacial score (nSPS) is 11.7. The molecule has 96 valence electrons. The molecule has 1 N–H and O–H groups in total. The second-order valence-corrected chi connectivity index (χ2v) is 6.89. The fourth-order valence-corrected chi connectivity index (χ4v) is 3.26. The first kappa shape index (κ1) is 13.1. The van der Waals surface area contributed by atoms with Crippen molar-refractivity contribution in [2.45, 2.75) is 25.3 Å². The van der Waals surface area contributed by atoms with Crippen molar-refractivity contribution >= 4 is 21.4 Å². The zero-order valence-electron chi connectivity index (χ0n) is 10.0. The van der Waals surface area contributed by atoms with Crippen LogP contribution in [0.15, 0.2) is 29.2 Å². The van der Waals surface area contributed by atoms with Gasteiger partial charge in [0.1, 0.15) is 10.0 Å². The molecule has 5 nitrogen and oxygen atoms in total. The first-order valence-electron chi connectivity index (χ1n) is 5.33. The average Bonchev–Trinajstić information content (AvgIpc) is 2.73. The third-order valence-corrected chi connectivity index (χ3v) is 4.52. The molecule has 7 heteroatoms. The van der Waals surface area contributed by atoms with Crippen molar-refractivity contribution in [1.29, 1.82) is 0 Å². The minimum absolute atomic E-state index is 0.168. The van der Waals surface area contributed by atoms with Crippen molar-refractivity contribution in [2.24, 2.45) is 0 Å². The van der Waals surface area contributed by atoms with Gasteiger partial charge in [0.2, 0.25) is 10.0 Å². The van der Waals surface area contributed by atoms with Gasteiger partial charge in [-0.05, 0) is 31.5 Å². The van der Waals surface area contributed by atoms with Crippen LogP contribution in [-0.2, 0) is 16.6 Å². The molecule has 0 radical (unpaired) electrons. The van der Waals surface area contributed by atoms with E-state index in [-0.39, 0.29) is 11.4 Å². The molecule has 2 aromatic rings. The predicted molar refractivity (Wildman–Crippen MR) is 69.9 cm³/mol. The van der Waals surface area contributed by atoms with E-state index in [2.05, 4.69) is 14.9 Å². The highest BCUT2D eigenvalue weighted by atomic mass is 32.2. The summed E-state index contributed by atoms with van der Waals surface area (Å²) < 4.78 is 26.5. The minimum atomic E-state index is -3.48. The van der Waals surface area contributed by atoms with Crippen LogP contribution in [0.1, 0.15) is 15.6 Å². The number of nitrogens with one attached hydrogen (secondary N) is 1. The Morgan fingerprint density at radius 1 is 1.28 bits per heavy atom. The van der Waals surface area contributed by atoms with E-state index in [4.69, 9.17) is 0 Å². The number of sulfonamides is 1. The third-order valence-electron chi connectivity index (χ3n) is 2.28. The number of aromatic nitrogens is 2. The van der Waals surface area contributed by atoms with Crippen molar-refractivity contribution in [2.75, 3.05) is 0 Å². The lowest BCUT2D eigenvalue weighted by molar-refractivity contribution is 0.581. The van der Waals surface area contributed by atoms with Crippen LogP contribution in [0.25, 0.3) is 0 Å². The Kier molecular flexibility index (Phi) is 3.74. The summed E-state index contributed by atoms with van der Waals surface area (Å²) in [5, 5.41) is 9.18. The van der Waals surface area contributed by atoms with Gasteiger partial charge in [0, 0.05) is 0 Å². The molecule has 0 saturated carbocycles. The Balaban J connectivity index is 2.13. The molecule has 2 rings (SSSR count). The van der Waals surface area contributed by atoms with Gasteiger partial charge in [-0.25, -0.2) is 13.1 Å². The SMILES string of the molecule is Cc1cccc(S(=O)(=O)NCc2nnc(C)s2)c1. The van der Waals surface area contributed by atoms with Crippen LogP contribution in [-0.4, -0.2) is 18.6 Å². The number of aryl methyl sites for hydroxylation is 2. The summed E-state index contributed by atoms with van der Waals surface area (Å²) in [4.78, 5) is 0.267. The van der Waals surface area contributed by atoms with Gasteiger partial charge in [-0.1, -0.05) is 12.1 Å². The molecule has 1 aromatic carbocycles. The van der Waals surface area contributed by atoms with E-state index >= 15 is 0 Å². The highest BCUT2D eigenvalue weighted by molar-refractivity contribution is 7.89. The molecule has 1 aromatic heterocycles. The standard InChI is InChI=1S/C11H13N3O2S2/c1-8-4-3-5-10(6-8)18(15,16)12-7-11-14-13-9(2)17-11/h3-6,12H,7H2,1-2H3. The summed E-state index contributed by atoms with van der Waals surface area (Å²) in [6.45, 7) is 3.85. The smallest absolute Gasteiger partial charge is 0.207 e. The van der Waals surface area contributed by atoms with E-state index in [9.17, 15) is 8.42 Å². The van der Waals surface area contributed by atoms with Gasteiger partial charge in [0.15, 0.2) is 0 Å². The zero-order valence-corrected chi connectivity index (χ0v) is 11.7. The Morgan fingerprint density at radius 2 is 2.06 bits per heavy atom. The van der Waals surface area contributed by atoms with Gasteiger partial charge in [-0.3, -0.25) is 0 Å². The Bertz CT molecular complexity index is 650. The van der Waals surface area contributed by atoms with Crippen LogP contribution in [0.2, 0.25) is 0 Å². The van der Waals surface area contributed by atoms with Crippen LogP contribution < -0.4 is 4.72 Å². The van der Waals surface area contributed by atoms with Crippen LogP contribution in [0.3, 0.4) is 0 Å². The van der Waals surface area contributed by atoms with E-state index in [1.165, 1.54) is 11.3 Å². The van der Waals surface area contributed by atoms with Gasteiger partial charge < -0.3 is 0 Å². The molecule has 0 unspecified atom stereocenters. The number of hydrogen-bond acceptors (Lipinski definition) is 5. The number of hydrogen-bond donors (Lipinski definition) is 1. The third kappa shape index (κ3) is 3.12. The number of nitrogens with zero attached hydrogens (tertiary/aromatic N) is 2. The first-order valence-corrected chi connectivity index (χ1v) is 7.63. The molecule has 0 spiro atoms. The lowest BCUT2D eigenvalue weighted by Gasteiger charge is -2.05. The highest BCUT2D eigenvalue weighted by Gasteiger charge is 2.14. The Hall–Kier alpha value is -1.31. The molecule has 0 amide bonds. The second kappa shape index (κ2) is 5.13. The molecule has 1 heterocycles. The van der Waals surface area contributed by atoms with Crippen molar-refractivity contribution in [3.63, 3.8) is 0 Å².